The number of nitrogens with zero attached hydrogens (tertiary/aromatic N) is 2. The smallest absolute Gasteiger partial charge is 0.305 e. The third kappa shape index (κ3) is 5.32. The largest absolute Gasteiger partial charge is 0.481 e. The first-order chi connectivity index (χ1) is 10.2. The fraction of sp³-hybridized carbons (Fsp3) is 0.133. The van der Waals surface area contributed by atoms with Gasteiger partial charge in [-0.15, -0.1) is 10.9 Å². The van der Waals surface area contributed by atoms with E-state index in [-0.39, 0.29) is 13.0 Å². The summed E-state index contributed by atoms with van der Waals surface area (Å²) in [6.07, 6.45) is -0.0244. The van der Waals surface area contributed by atoms with Crippen LogP contribution < -0.4 is 10.9 Å². The van der Waals surface area contributed by atoms with Gasteiger partial charge in [0.25, 0.3) is 0 Å². The summed E-state index contributed by atoms with van der Waals surface area (Å²) in [5.74, 6) is -0.877. The van der Waals surface area contributed by atoms with Gasteiger partial charge in [0.1, 0.15) is 22.8 Å². The molecule has 0 saturated carbocycles. The maximum Gasteiger partial charge on any atom is 0.305 e. The number of hydrazine groups is 2. The van der Waals surface area contributed by atoms with Gasteiger partial charge in [0.15, 0.2) is 0 Å². The average Bonchev–Trinajstić information content (AvgIpc) is 2.49. The van der Waals surface area contributed by atoms with Crippen LogP contribution in [0.1, 0.15) is 6.42 Å². The molecule has 0 aliphatic rings. The van der Waals surface area contributed by atoms with Crippen molar-refractivity contribution in [2.24, 2.45) is 5.11 Å². The van der Waals surface area contributed by atoms with Crippen LogP contribution in [0, 0.1) is 0 Å². The van der Waals surface area contributed by atoms with Gasteiger partial charge in [-0.05, 0) is 24.3 Å². The summed E-state index contributed by atoms with van der Waals surface area (Å²) in [5, 5.41) is 12.9. The molecule has 0 unspecified atom stereocenters. The quantitative estimate of drug-likeness (QED) is 0.415. The number of carboxylic acid groups (broad SMARTS) is 1. The molecule has 2 aromatic carbocycles. The first-order valence-corrected chi connectivity index (χ1v) is 6.57. The molecule has 0 amide bonds. The second-order valence-electron chi connectivity index (χ2n) is 4.28. The van der Waals surface area contributed by atoms with E-state index in [4.69, 9.17) is 5.11 Å². The number of aliphatic carboxylic acids is 1. The molecule has 0 aliphatic heterocycles. The molecule has 21 heavy (non-hydrogen) atoms. The van der Waals surface area contributed by atoms with E-state index in [0.29, 0.717) is 0 Å². The molecule has 0 fully saturated rings. The lowest BCUT2D eigenvalue weighted by Gasteiger charge is -2.03. The van der Waals surface area contributed by atoms with Crippen molar-refractivity contribution in [2.45, 2.75) is 6.42 Å². The van der Waals surface area contributed by atoms with Gasteiger partial charge in [-0.1, -0.05) is 36.4 Å². The normalized spacial score (nSPS) is 9.71. The zero-order valence-electron chi connectivity index (χ0n) is 11.4. The Morgan fingerprint density at radius 1 is 0.952 bits per heavy atom. The number of para-hydroxylation sites is 2. The highest BCUT2D eigenvalue weighted by atomic mass is 16.4. The van der Waals surface area contributed by atoms with Crippen molar-refractivity contribution in [2.75, 3.05) is 17.4 Å². The summed E-state index contributed by atoms with van der Waals surface area (Å²) < 4.78 is 0. The van der Waals surface area contributed by atoms with Gasteiger partial charge in [0.2, 0.25) is 0 Å². The number of hydrogen-bond donors (Lipinski definition) is 3. The molecular weight excluding hydrogens is 268 g/mol. The van der Waals surface area contributed by atoms with Crippen molar-refractivity contribution in [1.29, 1.82) is 0 Å². The van der Waals surface area contributed by atoms with Gasteiger partial charge < -0.3 is 5.11 Å². The number of carboxylic acids is 1. The van der Waals surface area contributed by atoms with Gasteiger partial charge >= 0.3 is 5.97 Å². The van der Waals surface area contributed by atoms with Crippen LogP contribution in [0.25, 0.3) is 0 Å². The van der Waals surface area contributed by atoms with Crippen molar-refractivity contribution in [3.05, 3.63) is 60.7 Å². The van der Waals surface area contributed by atoms with Crippen LogP contribution in [-0.2, 0) is 4.79 Å². The molecular formula is C15H17N4O2+. The fourth-order valence-electron chi connectivity index (χ4n) is 1.61. The molecule has 0 heterocycles. The van der Waals surface area contributed by atoms with Gasteiger partial charge in [0, 0.05) is 5.11 Å². The minimum absolute atomic E-state index is 0.0244. The predicted octanol–water partition coefficient (Wildman–Crippen LogP) is 2.98. The van der Waals surface area contributed by atoms with Gasteiger partial charge in [-0.2, -0.15) is 0 Å². The molecule has 0 bridgehead atoms. The zero-order valence-corrected chi connectivity index (χ0v) is 11.4. The zero-order chi connectivity index (χ0) is 14.9. The minimum atomic E-state index is -0.877. The van der Waals surface area contributed by atoms with E-state index in [1.807, 2.05) is 60.7 Å². The van der Waals surface area contributed by atoms with Crippen molar-refractivity contribution in [3.8, 4) is 0 Å². The van der Waals surface area contributed by atoms with Crippen LogP contribution in [0.4, 0.5) is 11.4 Å². The molecule has 6 heteroatoms. The van der Waals surface area contributed by atoms with Crippen molar-refractivity contribution < 1.29 is 14.8 Å². The topological polar surface area (TPSA) is 76.7 Å². The standard InChI is InChI=1S/C15H16N4O2/c20-15(21)11-12-16-19(17-13-7-3-1-4-8-13)18-14-9-5-2-6-10-14/h1-10H,11-12H2,(H2-,16,17,18,20,21)/p+1. The molecule has 0 radical (unpaired) electrons. The molecule has 0 aromatic heterocycles. The highest BCUT2D eigenvalue weighted by Crippen LogP contribution is 2.08. The average molecular weight is 285 g/mol. The lowest BCUT2D eigenvalue weighted by Crippen LogP contribution is -2.24. The monoisotopic (exact) mass is 285 g/mol. The number of anilines is 2. The van der Waals surface area contributed by atoms with Crippen LogP contribution in [0.15, 0.2) is 65.8 Å². The molecule has 0 spiro atoms. The predicted molar refractivity (Wildman–Crippen MR) is 79.9 cm³/mol. The van der Waals surface area contributed by atoms with E-state index in [2.05, 4.69) is 16.0 Å². The van der Waals surface area contributed by atoms with Crippen LogP contribution in [0.5, 0.6) is 0 Å². The van der Waals surface area contributed by atoms with Crippen molar-refractivity contribution in [3.63, 3.8) is 0 Å². The number of nitrogens with one attached hydrogen (secondary N) is 2. The minimum Gasteiger partial charge on any atom is -0.481 e. The highest BCUT2D eigenvalue weighted by molar-refractivity contribution is 5.66. The Morgan fingerprint density at radius 3 is 1.86 bits per heavy atom. The molecule has 0 aliphatic carbocycles. The Hall–Kier alpha value is -2.89. The Kier molecular flexibility index (Phi) is 5.28. The fourth-order valence-corrected chi connectivity index (χ4v) is 1.61. The summed E-state index contributed by atoms with van der Waals surface area (Å²) >= 11 is 0. The Morgan fingerprint density at radius 2 is 1.43 bits per heavy atom. The van der Waals surface area contributed by atoms with Crippen molar-refractivity contribution in [1.82, 2.24) is 0 Å². The highest BCUT2D eigenvalue weighted by Gasteiger charge is 2.08. The number of benzene rings is 2. The van der Waals surface area contributed by atoms with E-state index in [1.54, 1.807) is 0 Å². The van der Waals surface area contributed by atoms with Gasteiger partial charge in [-0.25, -0.2) is 0 Å². The molecule has 6 nitrogen and oxygen atoms in total. The first-order valence-electron chi connectivity index (χ1n) is 6.57. The van der Waals surface area contributed by atoms with Crippen LogP contribution in [0.3, 0.4) is 0 Å². The van der Waals surface area contributed by atoms with Gasteiger partial charge in [-0.3, -0.25) is 4.79 Å². The first kappa shape index (κ1) is 14.5. The molecule has 108 valence electrons. The second-order valence-corrected chi connectivity index (χ2v) is 4.28. The van der Waals surface area contributed by atoms with Crippen LogP contribution in [0.2, 0.25) is 0 Å². The summed E-state index contributed by atoms with van der Waals surface area (Å²) in [5.41, 5.74) is 7.82. The molecule has 0 atom stereocenters. The maximum atomic E-state index is 10.6. The van der Waals surface area contributed by atoms with E-state index >= 15 is 0 Å². The third-order valence-electron chi connectivity index (χ3n) is 2.58. The van der Waals surface area contributed by atoms with E-state index in [0.717, 1.165) is 11.4 Å². The second kappa shape index (κ2) is 7.64. The number of hydrogen-bond acceptors (Lipinski definition) is 2. The number of rotatable bonds is 7. The lowest BCUT2D eigenvalue weighted by atomic mass is 10.3. The van der Waals surface area contributed by atoms with E-state index in [1.165, 1.54) is 4.92 Å². The Balaban J connectivity index is 2.08. The lowest BCUT2D eigenvalue weighted by molar-refractivity contribution is -0.536. The SMILES string of the molecule is O=C(O)CCN=[N+](Nc1ccccc1)Nc1ccccc1. The molecule has 2 aromatic rings. The Labute approximate surface area is 122 Å². The van der Waals surface area contributed by atoms with E-state index < -0.39 is 5.97 Å². The van der Waals surface area contributed by atoms with E-state index in [9.17, 15) is 4.79 Å². The van der Waals surface area contributed by atoms with Crippen LogP contribution in [-0.4, -0.2) is 22.5 Å². The van der Waals surface area contributed by atoms with Crippen molar-refractivity contribution >= 4 is 17.3 Å². The van der Waals surface area contributed by atoms with Crippen LogP contribution >= 0.6 is 0 Å². The Bertz CT molecular complexity index is 556. The molecule has 2 rings (SSSR count). The molecule has 0 saturated heterocycles. The molecule has 3 N–H and O–H groups in total. The number of carbonyl (C=O) groups is 1. The third-order valence-corrected chi connectivity index (χ3v) is 2.58. The summed E-state index contributed by atoms with van der Waals surface area (Å²) in [6, 6.07) is 19.0. The summed E-state index contributed by atoms with van der Waals surface area (Å²) in [7, 11) is 0. The maximum absolute atomic E-state index is 10.6. The van der Waals surface area contributed by atoms with Gasteiger partial charge in [0.05, 0.1) is 6.42 Å². The summed E-state index contributed by atoms with van der Waals surface area (Å²) in [4.78, 5) is 12.0. The summed E-state index contributed by atoms with van der Waals surface area (Å²) in [6.45, 7) is 0.176.